The molecule has 2 heterocycles. The topological polar surface area (TPSA) is 56.1 Å². The Morgan fingerprint density at radius 3 is 2.55 bits per heavy atom. The minimum atomic E-state index is -0.387. The number of benzene rings is 2. The summed E-state index contributed by atoms with van der Waals surface area (Å²) in [6, 6.07) is 13.1. The number of tetrazole rings is 1. The molecule has 1 atom stereocenters. The lowest BCUT2D eigenvalue weighted by molar-refractivity contribution is 0.182. The Balaban J connectivity index is 1.86. The van der Waals surface area contributed by atoms with Gasteiger partial charge in [-0.05, 0) is 54.8 Å². The molecule has 0 radical (unpaired) electrons. The first kappa shape index (κ1) is 19.5. The number of fused-ring (bicyclic) bond motifs is 1. The number of hydrogen-bond acceptors (Lipinski definition) is 5. The summed E-state index contributed by atoms with van der Waals surface area (Å²) < 4.78 is 21.9. The van der Waals surface area contributed by atoms with Crippen LogP contribution in [0.25, 0.3) is 0 Å². The third-order valence-corrected chi connectivity index (χ3v) is 5.40. The molecule has 3 aromatic rings. The van der Waals surface area contributed by atoms with Gasteiger partial charge in [-0.3, -0.25) is 4.90 Å². The summed E-state index contributed by atoms with van der Waals surface area (Å²) in [5, 5.41) is 12.6. The lowest BCUT2D eigenvalue weighted by atomic mass is 9.95. The van der Waals surface area contributed by atoms with Crippen LogP contribution in [0.1, 0.15) is 49.3 Å². The summed E-state index contributed by atoms with van der Waals surface area (Å²) in [6.07, 6.45) is 0.918. The molecule has 1 aromatic heterocycles. The van der Waals surface area contributed by atoms with Crippen LogP contribution in [0.5, 0.6) is 5.75 Å². The van der Waals surface area contributed by atoms with Crippen molar-refractivity contribution in [1.29, 1.82) is 0 Å². The number of rotatable bonds is 4. The average Bonchev–Trinajstić information content (AvgIpc) is 3.18. The van der Waals surface area contributed by atoms with Crippen LogP contribution in [-0.4, -0.2) is 38.8 Å². The van der Waals surface area contributed by atoms with E-state index in [1.165, 1.54) is 24.3 Å². The number of halogens is 1. The van der Waals surface area contributed by atoms with Crippen molar-refractivity contribution < 1.29 is 9.13 Å². The lowest BCUT2D eigenvalue weighted by Crippen LogP contribution is -2.38. The quantitative estimate of drug-likeness (QED) is 0.674. The molecule has 0 N–H and O–H groups in total. The minimum absolute atomic E-state index is 0.236. The van der Waals surface area contributed by atoms with Crippen molar-refractivity contribution in [3.05, 3.63) is 70.8 Å². The van der Waals surface area contributed by atoms with Crippen LogP contribution in [-0.2, 0) is 18.5 Å². The monoisotopic (exact) mass is 395 g/mol. The van der Waals surface area contributed by atoms with Gasteiger partial charge in [0, 0.05) is 18.7 Å². The van der Waals surface area contributed by atoms with Crippen molar-refractivity contribution in [3.63, 3.8) is 0 Å². The Labute approximate surface area is 170 Å². The van der Waals surface area contributed by atoms with Gasteiger partial charge in [0.1, 0.15) is 6.04 Å². The molecule has 7 heteroatoms. The van der Waals surface area contributed by atoms with Gasteiger partial charge in [0.25, 0.3) is 0 Å². The fourth-order valence-electron chi connectivity index (χ4n) is 4.04. The summed E-state index contributed by atoms with van der Waals surface area (Å²) in [4.78, 5) is 2.30. The van der Waals surface area contributed by atoms with Crippen LogP contribution < -0.4 is 4.74 Å². The maximum Gasteiger partial charge on any atom is 0.173 e. The second-order valence-corrected chi connectivity index (χ2v) is 8.37. The van der Waals surface area contributed by atoms with Crippen LogP contribution in [0.15, 0.2) is 42.5 Å². The number of para-hydroxylation sites is 1. The molecule has 2 aromatic carbocycles. The second kappa shape index (κ2) is 7.55. The van der Waals surface area contributed by atoms with E-state index in [0.29, 0.717) is 5.82 Å². The van der Waals surface area contributed by atoms with Gasteiger partial charge < -0.3 is 4.74 Å². The second-order valence-electron chi connectivity index (χ2n) is 8.37. The Kier molecular flexibility index (Phi) is 5.08. The molecule has 0 saturated heterocycles. The standard InChI is InChI=1S/C22H26FN5O/c1-22(2,3)28-21(24-25-26-28)19(17-10-7-11-18(23)20(17)29-4)27-13-12-15-8-5-6-9-16(15)14-27/h5-11,19H,12-14H2,1-4H3. The fraction of sp³-hybridized carbons (Fsp3) is 0.409. The van der Waals surface area contributed by atoms with Crippen LogP contribution in [0.2, 0.25) is 0 Å². The Morgan fingerprint density at radius 2 is 1.83 bits per heavy atom. The molecule has 1 aliphatic rings. The summed E-state index contributed by atoms with van der Waals surface area (Å²) in [7, 11) is 1.50. The molecule has 0 spiro atoms. The largest absolute Gasteiger partial charge is 0.493 e. The van der Waals surface area contributed by atoms with Crippen molar-refractivity contribution in [2.24, 2.45) is 0 Å². The Bertz CT molecular complexity index is 1010. The number of ether oxygens (including phenoxy) is 1. The maximum absolute atomic E-state index is 14.6. The first-order chi connectivity index (χ1) is 13.9. The molecule has 29 heavy (non-hydrogen) atoms. The molecule has 0 aliphatic carbocycles. The zero-order chi connectivity index (χ0) is 20.6. The van der Waals surface area contributed by atoms with Gasteiger partial charge in [0.15, 0.2) is 17.4 Å². The SMILES string of the molecule is COc1c(F)cccc1C(c1nnnn1C(C)(C)C)N1CCc2ccccc2C1. The van der Waals surface area contributed by atoms with Crippen molar-refractivity contribution in [2.45, 2.75) is 45.3 Å². The van der Waals surface area contributed by atoms with Crippen LogP contribution in [0, 0.1) is 5.82 Å². The highest BCUT2D eigenvalue weighted by Crippen LogP contribution is 2.38. The number of hydrogen-bond donors (Lipinski definition) is 0. The van der Waals surface area contributed by atoms with E-state index in [-0.39, 0.29) is 23.1 Å². The predicted molar refractivity (Wildman–Crippen MR) is 108 cm³/mol. The molecular weight excluding hydrogens is 369 g/mol. The molecule has 4 rings (SSSR count). The number of methoxy groups -OCH3 is 1. The van der Waals surface area contributed by atoms with Crippen molar-refractivity contribution in [1.82, 2.24) is 25.1 Å². The van der Waals surface area contributed by atoms with Crippen molar-refractivity contribution in [2.75, 3.05) is 13.7 Å². The van der Waals surface area contributed by atoms with E-state index in [4.69, 9.17) is 4.74 Å². The molecule has 6 nitrogen and oxygen atoms in total. The highest BCUT2D eigenvalue weighted by molar-refractivity contribution is 5.41. The number of aromatic nitrogens is 4. The first-order valence-electron chi connectivity index (χ1n) is 9.82. The molecule has 0 fully saturated rings. The van der Waals surface area contributed by atoms with E-state index in [1.807, 2.05) is 10.7 Å². The van der Waals surface area contributed by atoms with Crippen LogP contribution in [0.3, 0.4) is 0 Å². The Morgan fingerprint density at radius 1 is 1.07 bits per heavy atom. The van der Waals surface area contributed by atoms with Crippen molar-refractivity contribution in [3.8, 4) is 5.75 Å². The highest BCUT2D eigenvalue weighted by Gasteiger charge is 2.35. The summed E-state index contributed by atoms with van der Waals surface area (Å²) in [5.41, 5.74) is 3.04. The first-order valence-corrected chi connectivity index (χ1v) is 9.82. The van der Waals surface area contributed by atoms with Gasteiger partial charge in [-0.1, -0.05) is 36.4 Å². The zero-order valence-electron chi connectivity index (χ0n) is 17.3. The third kappa shape index (κ3) is 3.62. The van der Waals surface area contributed by atoms with E-state index in [9.17, 15) is 4.39 Å². The van der Waals surface area contributed by atoms with Gasteiger partial charge in [-0.2, -0.15) is 0 Å². The highest BCUT2D eigenvalue weighted by atomic mass is 19.1. The normalized spacial score (nSPS) is 15.8. The van der Waals surface area contributed by atoms with Gasteiger partial charge in [-0.15, -0.1) is 5.10 Å². The minimum Gasteiger partial charge on any atom is -0.493 e. The summed E-state index contributed by atoms with van der Waals surface area (Å²) in [6.45, 7) is 7.71. The molecule has 1 unspecified atom stereocenters. The van der Waals surface area contributed by atoms with E-state index < -0.39 is 0 Å². The summed E-state index contributed by atoms with van der Waals surface area (Å²) >= 11 is 0. The van der Waals surface area contributed by atoms with E-state index in [1.54, 1.807) is 6.07 Å². The van der Waals surface area contributed by atoms with Crippen LogP contribution >= 0.6 is 0 Å². The van der Waals surface area contributed by atoms with E-state index in [0.717, 1.165) is 25.1 Å². The lowest BCUT2D eigenvalue weighted by Gasteiger charge is -2.36. The van der Waals surface area contributed by atoms with Gasteiger partial charge in [-0.25, -0.2) is 9.07 Å². The van der Waals surface area contributed by atoms with E-state index >= 15 is 0 Å². The molecule has 152 valence electrons. The van der Waals surface area contributed by atoms with Gasteiger partial charge in [0.2, 0.25) is 0 Å². The average molecular weight is 395 g/mol. The predicted octanol–water partition coefficient (Wildman–Crippen LogP) is 3.72. The fourth-order valence-corrected chi connectivity index (χ4v) is 4.04. The Hall–Kier alpha value is -2.80. The van der Waals surface area contributed by atoms with Gasteiger partial charge >= 0.3 is 0 Å². The molecule has 0 saturated carbocycles. The smallest absolute Gasteiger partial charge is 0.173 e. The molecule has 0 bridgehead atoms. The number of nitrogens with zero attached hydrogens (tertiary/aromatic N) is 5. The molecule has 0 amide bonds. The zero-order valence-corrected chi connectivity index (χ0v) is 17.3. The van der Waals surface area contributed by atoms with Crippen LogP contribution in [0.4, 0.5) is 4.39 Å². The van der Waals surface area contributed by atoms with Crippen molar-refractivity contribution >= 4 is 0 Å². The molecule has 1 aliphatic heterocycles. The van der Waals surface area contributed by atoms with E-state index in [2.05, 4.69) is 65.5 Å². The third-order valence-electron chi connectivity index (χ3n) is 5.40. The molecular formula is C22H26FN5O. The summed E-state index contributed by atoms with van der Waals surface area (Å²) in [5.74, 6) is 0.530. The maximum atomic E-state index is 14.6. The van der Waals surface area contributed by atoms with Gasteiger partial charge in [0.05, 0.1) is 12.6 Å².